The van der Waals surface area contributed by atoms with Gasteiger partial charge in [0.1, 0.15) is 17.2 Å². The molecule has 10 nitrogen and oxygen atoms in total. The zero-order valence-electron chi connectivity index (χ0n) is 25.2. The van der Waals surface area contributed by atoms with Crippen LogP contribution in [0.3, 0.4) is 0 Å². The number of ether oxygens (including phenoxy) is 6. The fourth-order valence-corrected chi connectivity index (χ4v) is 3.85. The average Bonchev–Trinajstić information content (AvgIpc) is 2.91. The van der Waals surface area contributed by atoms with Crippen LogP contribution in [0, 0.1) is 11.8 Å². The Morgan fingerprint density at radius 1 is 0.714 bits per heavy atom. The van der Waals surface area contributed by atoms with Gasteiger partial charge in [-0.3, -0.25) is 19.2 Å². The Morgan fingerprint density at radius 3 is 1.31 bits per heavy atom. The quantitative estimate of drug-likeness (QED) is 0.122. The van der Waals surface area contributed by atoms with Gasteiger partial charge >= 0.3 is 23.9 Å². The summed E-state index contributed by atoms with van der Waals surface area (Å²) < 4.78 is 32.5. The summed E-state index contributed by atoms with van der Waals surface area (Å²) in [4.78, 5) is 45.8. The molecule has 0 bridgehead atoms. The van der Waals surface area contributed by atoms with Crippen molar-refractivity contribution in [2.24, 2.45) is 11.8 Å². The second-order valence-corrected chi connectivity index (χ2v) is 14.2. The second-order valence-electron chi connectivity index (χ2n) is 8.09. The van der Waals surface area contributed by atoms with Gasteiger partial charge in [0.25, 0.3) is 0 Å². The summed E-state index contributed by atoms with van der Waals surface area (Å²) in [6.45, 7) is 11.5. The molecular formula is C25H43Br2Cl2I3O10. The molecule has 2 aliphatic rings. The molecule has 8 atom stereocenters. The van der Waals surface area contributed by atoms with Crippen LogP contribution in [-0.4, -0.2) is 91.2 Å². The summed E-state index contributed by atoms with van der Waals surface area (Å²) in [5.74, 6) is 0.161. The first-order chi connectivity index (χ1) is 19.7. The Morgan fingerprint density at radius 2 is 1.00 bits per heavy atom. The van der Waals surface area contributed by atoms with Gasteiger partial charge < -0.3 is 28.4 Å². The van der Waals surface area contributed by atoms with E-state index in [4.69, 9.17) is 51.6 Å². The maximum Gasteiger partial charge on any atom is 0.303 e. The zero-order valence-corrected chi connectivity index (χ0v) is 36.3. The molecule has 0 aliphatic carbocycles. The summed E-state index contributed by atoms with van der Waals surface area (Å²) in [6, 6.07) is 0. The van der Waals surface area contributed by atoms with E-state index in [9.17, 15) is 19.2 Å². The third-order valence-corrected chi connectivity index (χ3v) is 6.20. The summed E-state index contributed by atoms with van der Waals surface area (Å²) in [6.07, 6.45) is -1.96. The number of rotatable bonds is 4. The van der Waals surface area contributed by atoms with Crippen molar-refractivity contribution in [3.63, 3.8) is 0 Å². The first-order valence-corrected chi connectivity index (χ1v) is 21.0. The highest BCUT2D eigenvalue weighted by molar-refractivity contribution is 14.2. The van der Waals surface area contributed by atoms with Gasteiger partial charge in [0.15, 0.2) is 12.2 Å². The Bertz CT molecular complexity index is 674. The maximum absolute atomic E-state index is 11.0. The molecule has 2 unspecified atom stereocenters. The number of alkyl halides is 7. The van der Waals surface area contributed by atoms with Crippen molar-refractivity contribution in [1.82, 2.24) is 0 Å². The number of halogens is 7. The zero-order chi connectivity index (χ0) is 34.0. The first kappa shape index (κ1) is 50.4. The van der Waals surface area contributed by atoms with Crippen molar-refractivity contribution in [1.29, 1.82) is 0 Å². The van der Waals surface area contributed by atoms with Crippen LogP contribution >= 0.6 is 123 Å². The fourth-order valence-electron chi connectivity index (χ4n) is 3.40. The van der Waals surface area contributed by atoms with Crippen LogP contribution in [0.5, 0.6) is 0 Å². The van der Waals surface area contributed by atoms with Gasteiger partial charge in [-0.15, -0.1) is 23.2 Å². The highest BCUT2D eigenvalue weighted by Gasteiger charge is 2.41. The van der Waals surface area contributed by atoms with Crippen LogP contribution in [0.2, 0.25) is 0 Å². The van der Waals surface area contributed by atoms with Crippen LogP contribution in [0.25, 0.3) is 0 Å². The van der Waals surface area contributed by atoms with E-state index in [1.807, 2.05) is 31.5 Å². The molecule has 42 heavy (non-hydrogen) atoms. The van der Waals surface area contributed by atoms with Gasteiger partial charge in [-0.2, -0.15) is 0 Å². The lowest BCUT2D eigenvalue weighted by molar-refractivity contribution is -0.198. The largest absolute Gasteiger partial charge is 0.458 e. The molecule has 2 aliphatic heterocycles. The predicted octanol–water partition coefficient (Wildman–Crippen LogP) is 7.44. The molecule has 0 saturated carbocycles. The van der Waals surface area contributed by atoms with Crippen molar-refractivity contribution in [3.05, 3.63) is 0 Å². The second kappa shape index (κ2) is 32.5. The Labute approximate surface area is 318 Å². The number of carbonyl (C=O) groups excluding carboxylic acids is 4. The van der Waals surface area contributed by atoms with Crippen molar-refractivity contribution in [2.75, 3.05) is 31.8 Å². The van der Waals surface area contributed by atoms with E-state index in [1.54, 1.807) is 0 Å². The van der Waals surface area contributed by atoms with Crippen LogP contribution < -0.4 is 0 Å². The average molecular weight is 1120 g/mol. The molecule has 252 valence electrons. The minimum atomic E-state index is -0.537. The molecule has 17 heteroatoms. The number of hydrogen-bond acceptors (Lipinski definition) is 10. The van der Waals surface area contributed by atoms with E-state index in [-0.39, 0.29) is 47.5 Å². The van der Waals surface area contributed by atoms with Crippen LogP contribution in [0.1, 0.15) is 48.5 Å². The molecule has 2 fully saturated rings. The minimum Gasteiger partial charge on any atom is -0.458 e. The summed E-state index contributed by atoms with van der Waals surface area (Å²) >= 11 is 22.5. The third-order valence-electron chi connectivity index (χ3n) is 5.10. The smallest absolute Gasteiger partial charge is 0.303 e. The molecule has 2 rings (SSSR count). The lowest BCUT2D eigenvalue weighted by Gasteiger charge is -2.38. The number of carbonyl (C=O) groups is 4. The van der Waals surface area contributed by atoms with Crippen molar-refractivity contribution in [3.8, 4) is 0 Å². The predicted molar refractivity (Wildman–Crippen MR) is 199 cm³/mol. The maximum atomic E-state index is 11.0. The Hall–Kier alpha value is 1.53. The van der Waals surface area contributed by atoms with Crippen LogP contribution in [0.4, 0.5) is 0 Å². The van der Waals surface area contributed by atoms with Crippen molar-refractivity contribution in [2.45, 2.75) is 84.0 Å². The first-order valence-electron chi connectivity index (χ1n) is 12.2. The Balaban J connectivity index is -0.000000263. The standard InChI is InChI=1S/C11H18O5.C10H15BrO5.CH3Br.CH2Cl2.CH2I2.CH3I/c1-6-7(2)14-5-10(15-8(3)12)11(6)16-9(4)13;1-5-9(16-7(3)13)8(15-6(2)12)4-14-10(5)11;1-2;2*2-1-3;1-2/h6-7,10-11H,5H2,1-4H3;5,8-10H,4H2,1-3H3;1H3;2*1H2;1H3/t6-,7?,10+,11+;5-,8-,9-,10?;;;;/m01..../s1. The van der Waals surface area contributed by atoms with Crippen LogP contribution in [-0.2, 0) is 47.6 Å². The normalized spacial score (nSPS) is 27.2. The Kier molecular flexibility index (Phi) is 39.0. The molecule has 2 saturated heterocycles. The molecule has 0 aromatic rings. The summed E-state index contributed by atoms with van der Waals surface area (Å²) in [5, 5.41) is -0.0105. The molecule has 0 radical (unpaired) electrons. The van der Waals surface area contributed by atoms with Gasteiger partial charge in [-0.05, 0) is 17.7 Å². The fraction of sp³-hybridized carbons (Fsp3) is 0.840. The van der Waals surface area contributed by atoms with Gasteiger partial charge in [0, 0.05) is 39.5 Å². The van der Waals surface area contributed by atoms with E-state index in [2.05, 4.69) is 99.6 Å². The van der Waals surface area contributed by atoms with E-state index >= 15 is 0 Å². The monoisotopic (exact) mass is 1110 g/mol. The molecular weight excluding hydrogens is 1070 g/mol. The van der Waals surface area contributed by atoms with E-state index in [0.717, 1.165) is 0 Å². The topological polar surface area (TPSA) is 124 Å². The van der Waals surface area contributed by atoms with E-state index in [1.165, 1.54) is 30.1 Å². The number of esters is 4. The van der Waals surface area contributed by atoms with Gasteiger partial charge in [-0.1, -0.05) is 113 Å². The van der Waals surface area contributed by atoms with Gasteiger partial charge in [-0.25, -0.2) is 0 Å². The molecule has 2 heterocycles. The van der Waals surface area contributed by atoms with Crippen molar-refractivity contribution >= 4 is 147 Å². The lowest BCUT2D eigenvalue weighted by atomic mass is 9.92. The molecule has 0 N–H and O–H groups in total. The van der Waals surface area contributed by atoms with Crippen LogP contribution in [0.15, 0.2) is 0 Å². The van der Waals surface area contributed by atoms with E-state index in [0.29, 0.717) is 0 Å². The lowest BCUT2D eigenvalue weighted by Crippen LogP contribution is -2.50. The molecule has 0 spiro atoms. The molecule has 0 amide bonds. The minimum absolute atomic E-state index is 0.00185. The summed E-state index contributed by atoms with van der Waals surface area (Å²) in [7, 11) is 0. The van der Waals surface area contributed by atoms with Gasteiger partial charge in [0.05, 0.1) is 27.1 Å². The number of hydrogen-bond donors (Lipinski definition) is 0. The molecule has 0 aromatic heterocycles. The van der Waals surface area contributed by atoms with Crippen molar-refractivity contribution < 1.29 is 47.6 Å². The SMILES string of the molecule is CBr.CC(=O)O[C@H]1[C@H](OC(C)=O)COC(Br)[C@@H]1C.CC(=O)O[C@H]1[C@H](OC(C)=O)COC(C)[C@@H]1C.CI.ClCCl.ICI. The highest BCUT2D eigenvalue weighted by Crippen LogP contribution is 2.29. The van der Waals surface area contributed by atoms with E-state index < -0.39 is 42.3 Å². The summed E-state index contributed by atoms with van der Waals surface area (Å²) in [5.41, 5.74) is 0. The molecule has 0 aromatic carbocycles. The third kappa shape index (κ3) is 25.7. The van der Waals surface area contributed by atoms with Gasteiger partial charge in [0.2, 0.25) is 0 Å². The highest BCUT2D eigenvalue weighted by atomic mass is 127.